The average Bonchev–Trinajstić information content (AvgIpc) is 2.66. The lowest BCUT2D eigenvalue weighted by molar-refractivity contribution is 0.0222. The second-order valence-electron chi connectivity index (χ2n) is 4.21. The van der Waals surface area contributed by atoms with Crippen LogP contribution >= 0.6 is 0 Å². The Morgan fingerprint density at radius 3 is 0.885 bits per heavy atom. The molecule has 0 radical (unpaired) electrons. The number of hydrogen-bond donors (Lipinski definition) is 8. The molecule has 0 heterocycles. The van der Waals surface area contributed by atoms with Crippen LogP contribution in [0.2, 0.25) is 0 Å². The van der Waals surface area contributed by atoms with E-state index >= 15 is 0 Å². The van der Waals surface area contributed by atoms with Crippen molar-refractivity contribution in [3.05, 3.63) is 0 Å². The molecule has 1 unspecified atom stereocenters. The fraction of sp³-hybridized carbons (Fsp3) is 1.00. The van der Waals surface area contributed by atoms with Crippen LogP contribution in [0.15, 0.2) is 0 Å². The third-order valence-electron chi connectivity index (χ3n) is 1.68. The topological polar surface area (TPSA) is 190 Å². The van der Waals surface area contributed by atoms with Crippen molar-refractivity contribution in [1.29, 1.82) is 0 Å². The Morgan fingerprint density at radius 2 is 0.731 bits per heavy atom. The van der Waals surface area contributed by atoms with Crippen LogP contribution in [0.25, 0.3) is 0 Å². The van der Waals surface area contributed by atoms with Crippen molar-refractivity contribution in [1.82, 2.24) is 0 Å². The molecule has 0 saturated heterocycles. The highest BCUT2D eigenvalue weighted by Gasteiger charge is 1.86. The van der Waals surface area contributed by atoms with Gasteiger partial charge in [-0.3, -0.25) is 0 Å². The van der Waals surface area contributed by atoms with Crippen LogP contribution in [0.5, 0.6) is 0 Å². The van der Waals surface area contributed by atoms with Gasteiger partial charge in [0.1, 0.15) is 0 Å². The van der Waals surface area contributed by atoms with Gasteiger partial charge in [-0.25, -0.2) is 0 Å². The molecule has 0 saturated carbocycles. The molecular formula is C15H38O11. The molecule has 0 amide bonds. The van der Waals surface area contributed by atoms with E-state index in [0.717, 1.165) is 0 Å². The maximum atomic E-state index is 8.26. The third-order valence-corrected chi connectivity index (χ3v) is 1.68. The van der Waals surface area contributed by atoms with Crippen molar-refractivity contribution < 1.29 is 55.1 Å². The van der Waals surface area contributed by atoms with Crippen molar-refractivity contribution in [2.24, 2.45) is 0 Å². The number of ether oxygens (including phenoxy) is 3. The minimum absolute atomic E-state index is 0.0278. The molecule has 0 aliphatic rings. The van der Waals surface area contributed by atoms with E-state index in [0.29, 0.717) is 39.6 Å². The van der Waals surface area contributed by atoms with Crippen molar-refractivity contribution in [2.45, 2.75) is 13.0 Å². The highest BCUT2D eigenvalue weighted by Crippen LogP contribution is 1.76. The quantitative estimate of drug-likeness (QED) is 0.144. The molecule has 0 aromatic rings. The summed E-state index contributed by atoms with van der Waals surface area (Å²) in [5.74, 6) is 0. The van der Waals surface area contributed by atoms with Crippen LogP contribution in [0.1, 0.15) is 6.92 Å². The molecule has 0 aliphatic carbocycles. The van der Waals surface area contributed by atoms with Crippen LogP contribution in [0.4, 0.5) is 0 Å². The Balaban J connectivity index is -0.000000133. The first-order valence-corrected chi connectivity index (χ1v) is 8.19. The molecule has 0 bridgehead atoms. The van der Waals surface area contributed by atoms with Crippen LogP contribution in [-0.2, 0) is 14.2 Å². The zero-order valence-corrected chi connectivity index (χ0v) is 15.6. The van der Waals surface area contributed by atoms with Gasteiger partial charge >= 0.3 is 0 Å². The summed E-state index contributed by atoms with van der Waals surface area (Å²) in [6.07, 6.45) is -0.560. The molecule has 26 heavy (non-hydrogen) atoms. The fourth-order valence-corrected chi connectivity index (χ4v) is 0.682. The molecule has 0 aromatic heterocycles. The van der Waals surface area contributed by atoms with Crippen LogP contribution in [-0.4, -0.2) is 133 Å². The lowest BCUT2D eigenvalue weighted by Gasteiger charge is -2.01. The maximum absolute atomic E-state index is 8.26. The van der Waals surface area contributed by atoms with E-state index in [-0.39, 0.29) is 46.2 Å². The number of hydrogen-bond acceptors (Lipinski definition) is 11. The maximum Gasteiger partial charge on any atom is 0.0742 e. The molecular weight excluding hydrogens is 356 g/mol. The van der Waals surface area contributed by atoms with E-state index < -0.39 is 6.10 Å². The second kappa shape index (κ2) is 39.6. The molecule has 0 aliphatic heterocycles. The summed E-state index contributed by atoms with van der Waals surface area (Å²) in [7, 11) is 0. The number of aliphatic hydroxyl groups is 8. The smallest absolute Gasteiger partial charge is 0.0742 e. The minimum Gasteiger partial charge on any atom is -0.394 e. The second-order valence-corrected chi connectivity index (χ2v) is 4.21. The largest absolute Gasteiger partial charge is 0.394 e. The van der Waals surface area contributed by atoms with Gasteiger partial charge in [-0.1, -0.05) is 0 Å². The van der Waals surface area contributed by atoms with Gasteiger partial charge in [-0.15, -0.1) is 0 Å². The van der Waals surface area contributed by atoms with Crippen molar-refractivity contribution in [2.75, 3.05) is 85.9 Å². The minimum atomic E-state index is -0.560. The summed E-state index contributed by atoms with van der Waals surface area (Å²) in [5.41, 5.74) is 0. The summed E-state index contributed by atoms with van der Waals surface area (Å²) in [5, 5.41) is 64.0. The molecule has 8 N–H and O–H groups in total. The van der Waals surface area contributed by atoms with Gasteiger partial charge in [-0.05, 0) is 6.92 Å². The molecule has 164 valence electrons. The Morgan fingerprint density at radius 1 is 0.500 bits per heavy atom. The zero-order chi connectivity index (χ0) is 20.9. The first-order valence-electron chi connectivity index (χ1n) is 8.19. The van der Waals surface area contributed by atoms with Gasteiger partial charge in [-0.2, -0.15) is 0 Å². The first kappa shape index (κ1) is 33.2. The number of aliphatic hydroxyl groups excluding tert-OH is 8. The molecule has 0 fully saturated rings. The summed E-state index contributed by atoms with van der Waals surface area (Å²) >= 11 is 0. The Hall–Kier alpha value is -0.440. The van der Waals surface area contributed by atoms with E-state index in [4.69, 9.17) is 50.3 Å². The summed E-state index contributed by atoms with van der Waals surface area (Å²) in [6, 6.07) is 0. The Bertz CT molecular complexity index is 171. The molecule has 0 aromatic carbocycles. The van der Waals surface area contributed by atoms with E-state index in [1.807, 2.05) is 0 Å². The van der Waals surface area contributed by atoms with Crippen LogP contribution in [0, 0.1) is 0 Å². The van der Waals surface area contributed by atoms with Gasteiger partial charge in [0, 0.05) is 0 Å². The Kier molecular flexibility index (Phi) is 50.5. The van der Waals surface area contributed by atoms with Gasteiger partial charge in [0.15, 0.2) is 0 Å². The van der Waals surface area contributed by atoms with E-state index in [1.165, 1.54) is 6.92 Å². The van der Waals surface area contributed by atoms with Crippen molar-refractivity contribution >= 4 is 0 Å². The standard InChI is InChI=1S/C6H14O4.C4H10O3.C3H8O2.C2H6O2/c7-1-3-9-5-6-10-4-2-8;5-1-3-7-4-2-6;1-3(5)2-4;3-1-2-4/h7-8H,1-6H2;5-6H,1-4H2;3-5H,2H2,1H3;3-4H,1-2H2. The SMILES string of the molecule is CC(O)CO.OCCO.OCCOCCO.OCCOCCOCCO. The van der Waals surface area contributed by atoms with Gasteiger partial charge in [0.05, 0.1) is 92.0 Å². The fourth-order valence-electron chi connectivity index (χ4n) is 0.682. The highest BCUT2D eigenvalue weighted by molar-refractivity contribution is 4.34. The third kappa shape index (κ3) is 65.2. The van der Waals surface area contributed by atoms with Crippen molar-refractivity contribution in [3.8, 4) is 0 Å². The first-order chi connectivity index (χ1) is 12.5. The normalized spacial score (nSPS) is 10.5. The van der Waals surface area contributed by atoms with E-state index in [9.17, 15) is 0 Å². The molecule has 0 rings (SSSR count). The predicted molar refractivity (Wildman–Crippen MR) is 93.7 cm³/mol. The van der Waals surface area contributed by atoms with E-state index in [2.05, 4.69) is 4.74 Å². The van der Waals surface area contributed by atoms with Gasteiger partial charge in [0.25, 0.3) is 0 Å². The summed E-state index contributed by atoms with van der Waals surface area (Å²) < 4.78 is 14.4. The summed E-state index contributed by atoms with van der Waals surface area (Å²) in [4.78, 5) is 0. The van der Waals surface area contributed by atoms with Crippen molar-refractivity contribution in [3.63, 3.8) is 0 Å². The lowest BCUT2D eigenvalue weighted by atomic mass is 10.5. The van der Waals surface area contributed by atoms with E-state index in [1.54, 1.807) is 0 Å². The molecule has 11 nitrogen and oxygen atoms in total. The van der Waals surface area contributed by atoms with Gasteiger partial charge in [0.2, 0.25) is 0 Å². The monoisotopic (exact) mass is 394 g/mol. The summed E-state index contributed by atoms with van der Waals surface area (Å²) in [6.45, 7) is 3.56. The molecule has 11 heteroatoms. The van der Waals surface area contributed by atoms with Crippen LogP contribution < -0.4 is 0 Å². The van der Waals surface area contributed by atoms with Crippen LogP contribution in [0.3, 0.4) is 0 Å². The molecule has 1 atom stereocenters. The highest BCUT2D eigenvalue weighted by atomic mass is 16.5. The Labute approximate surface area is 155 Å². The zero-order valence-electron chi connectivity index (χ0n) is 15.6. The van der Waals surface area contributed by atoms with Gasteiger partial charge < -0.3 is 55.1 Å². The average molecular weight is 394 g/mol. The molecule has 0 spiro atoms. The lowest BCUT2D eigenvalue weighted by Crippen LogP contribution is -2.09. The predicted octanol–water partition coefficient (Wildman–Crippen LogP) is -3.68. The number of rotatable bonds is 13.